The van der Waals surface area contributed by atoms with E-state index in [-0.39, 0.29) is 17.6 Å². The van der Waals surface area contributed by atoms with Gasteiger partial charge in [0.25, 0.3) is 0 Å². The summed E-state index contributed by atoms with van der Waals surface area (Å²) in [5.41, 5.74) is 5.57. The van der Waals surface area contributed by atoms with Gasteiger partial charge in [0.05, 0.1) is 12.0 Å². The fourth-order valence-electron chi connectivity index (χ4n) is 6.56. The summed E-state index contributed by atoms with van der Waals surface area (Å²) in [6.07, 6.45) is 26.9. The van der Waals surface area contributed by atoms with Crippen LogP contribution in [0.1, 0.15) is 94.9 Å². The van der Waals surface area contributed by atoms with E-state index in [4.69, 9.17) is 9.84 Å². The van der Waals surface area contributed by atoms with Crippen molar-refractivity contribution in [2.24, 2.45) is 10.8 Å². The number of aliphatic hydroxyl groups is 1. The first-order valence-electron chi connectivity index (χ1n) is 18.7. The Morgan fingerprint density at radius 1 is 0.714 bits per heavy atom. The van der Waals surface area contributed by atoms with E-state index in [1.54, 1.807) is 13.8 Å². The minimum absolute atomic E-state index is 0.179. The number of carboxylic acids is 2. The normalized spacial score (nSPS) is 23.6. The molecule has 0 saturated carbocycles. The van der Waals surface area contributed by atoms with Crippen molar-refractivity contribution in [1.29, 1.82) is 0 Å². The van der Waals surface area contributed by atoms with Crippen LogP contribution in [0.4, 0.5) is 0 Å². The van der Waals surface area contributed by atoms with Crippen molar-refractivity contribution in [2.45, 2.75) is 107 Å². The van der Waals surface area contributed by atoms with E-state index < -0.39 is 53.3 Å². The lowest BCUT2D eigenvalue weighted by Crippen LogP contribution is -2.38. The highest BCUT2D eigenvalue weighted by atomic mass is 16.5. The van der Waals surface area contributed by atoms with Crippen molar-refractivity contribution in [3.05, 3.63) is 141 Å². The molecule has 2 rings (SSSR count). The number of aliphatic hydroxyl groups excluding tert-OH is 1. The van der Waals surface area contributed by atoms with Gasteiger partial charge in [0.15, 0.2) is 17.7 Å². The molecule has 3 unspecified atom stereocenters. The van der Waals surface area contributed by atoms with E-state index in [0.29, 0.717) is 23.6 Å². The van der Waals surface area contributed by atoms with Gasteiger partial charge in [-0.15, -0.1) is 0 Å². The summed E-state index contributed by atoms with van der Waals surface area (Å²) in [5, 5.41) is 28.3. The van der Waals surface area contributed by atoms with Crippen LogP contribution >= 0.6 is 0 Å². The summed E-state index contributed by atoms with van der Waals surface area (Å²) in [5.74, 6) is -4.61. The van der Waals surface area contributed by atoms with E-state index in [0.717, 1.165) is 39.9 Å². The third-order valence-corrected chi connectivity index (χ3v) is 10.1. The van der Waals surface area contributed by atoms with Gasteiger partial charge in [0.1, 0.15) is 6.10 Å². The molecular formula is C47H58O9. The molecule has 0 aromatic rings. The SMILES string of the molecule is CCC1(C)CC(O)C(=O)C(C)=C1/C=C/C(C)=C/C=C/C(C)=C/C=C/C=C(C)/C=C/C=C(C)/C=C/C1=C(C)C(=O)C(OC(=O)/C=C(/CC(=O)O)C(=O)O)CC1(C)C. The number of carbonyl (C=O) groups is 5. The van der Waals surface area contributed by atoms with Gasteiger partial charge in [-0.25, -0.2) is 9.59 Å². The first-order chi connectivity index (χ1) is 26.1. The number of ketones is 2. The van der Waals surface area contributed by atoms with Crippen molar-refractivity contribution in [3.63, 3.8) is 0 Å². The number of rotatable bonds is 16. The Morgan fingerprint density at radius 2 is 1.18 bits per heavy atom. The quantitative estimate of drug-likeness (QED) is 0.0792. The Morgan fingerprint density at radius 3 is 1.66 bits per heavy atom. The predicted octanol–water partition coefficient (Wildman–Crippen LogP) is 9.33. The second-order valence-corrected chi connectivity index (χ2v) is 15.4. The van der Waals surface area contributed by atoms with Crippen LogP contribution in [0.25, 0.3) is 0 Å². The fourth-order valence-corrected chi connectivity index (χ4v) is 6.56. The molecule has 0 aliphatic heterocycles. The van der Waals surface area contributed by atoms with Crippen LogP contribution in [0.5, 0.6) is 0 Å². The Balaban J connectivity index is 2.02. The molecule has 0 radical (unpaired) electrons. The van der Waals surface area contributed by atoms with Crippen molar-refractivity contribution in [1.82, 2.24) is 0 Å². The van der Waals surface area contributed by atoms with E-state index in [9.17, 15) is 34.2 Å². The third kappa shape index (κ3) is 14.0. The van der Waals surface area contributed by atoms with Gasteiger partial charge in [-0.1, -0.05) is 135 Å². The van der Waals surface area contributed by atoms with Gasteiger partial charge in [-0.2, -0.15) is 0 Å². The lowest BCUT2D eigenvalue weighted by molar-refractivity contribution is -0.151. The molecule has 56 heavy (non-hydrogen) atoms. The summed E-state index contributed by atoms with van der Waals surface area (Å²) < 4.78 is 5.30. The van der Waals surface area contributed by atoms with Gasteiger partial charge in [-0.3, -0.25) is 14.4 Å². The number of hydrogen-bond acceptors (Lipinski definition) is 7. The highest BCUT2D eigenvalue weighted by Crippen LogP contribution is 2.43. The zero-order valence-electron chi connectivity index (χ0n) is 34.4. The van der Waals surface area contributed by atoms with Crippen LogP contribution < -0.4 is 0 Å². The maximum atomic E-state index is 13.1. The zero-order chi connectivity index (χ0) is 42.4. The standard InChI is InChI=1S/C47H58O9/c1-11-47(10)28-39(48)43(52)35(7)38(47)25-23-33(5)21-15-19-31(3)17-13-12-16-30(2)18-14-20-32(4)22-24-37-34(6)44(53)40(29-46(37,8)9)56-42(51)27-36(45(54)55)26-41(49)50/h12-25,27,39-40,48H,11,26,28-29H2,1-10H3,(H,49,50)(H,54,55)/b13-12+,18-14+,19-15+,24-22+,25-23+,30-16+,31-17+,32-20+,33-21+,36-27-. The van der Waals surface area contributed by atoms with Crippen molar-refractivity contribution in [3.8, 4) is 0 Å². The number of Topliss-reactive ketones (excluding diaryl/α,β-unsaturated/α-hetero) is 2. The molecule has 3 N–H and O–H groups in total. The Hall–Kier alpha value is -5.41. The molecule has 0 heterocycles. The van der Waals surface area contributed by atoms with Crippen LogP contribution in [-0.4, -0.2) is 57.0 Å². The smallest absolute Gasteiger partial charge is 0.332 e. The van der Waals surface area contributed by atoms with Crippen LogP contribution in [-0.2, 0) is 28.7 Å². The van der Waals surface area contributed by atoms with E-state index >= 15 is 0 Å². The monoisotopic (exact) mass is 766 g/mol. The number of esters is 1. The second kappa shape index (κ2) is 21.0. The highest BCUT2D eigenvalue weighted by Gasteiger charge is 2.40. The topological polar surface area (TPSA) is 155 Å². The van der Waals surface area contributed by atoms with E-state index in [1.165, 1.54) is 0 Å². The van der Waals surface area contributed by atoms with E-state index in [2.05, 4.69) is 13.8 Å². The molecule has 3 atom stereocenters. The number of carboxylic acid groups (broad SMARTS) is 2. The van der Waals surface area contributed by atoms with Crippen molar-refractivity contribution >= 4 is 29.5 Å². The number of hydrogen-bond donors (Lipinski definition) is 3. The zero-order valence-corrected chi connectivity index (χ0v) is 34.4. The van der Waals surface area contributed by atoms with Gasteiger partial charge in [-0.05, 0) is 87.5 Å². The van der Waals surface area contributed by atoms with Crippen LogP contribution in [0.3, 0.4) is 0 Å². The highest BCUT2D eigenvalue weighted by molar-refractivity contribution is 6.03. The maximum Gasteiger partial charge on any atom is 0.332 e. The maximum absolute atomic E-state index is 13.1. The first kappa shape index (κ1) is 46.7. The lowest BCUT2D eigenvalue weighted by Gasteiger charge is -2.37. The average Bonchev–Trinajstić information content (AvgIpc) is 3.10. The largest absolute Gasteiger partial charge is 0.481 e. The van der Waals surface area contributed by atoms with Crippen LogP contribution in [0.2, 0.25) is 0 Å². The summed E-state index contributed by atoms with van der Waals surface area (Å²) in [4.78, 5) is 60.1. The molecule has 0 spiro atoms. The van der Waals surface area contributed by atoms with Crippen LogP contribution in [0, 0.1) is 10.8 Å². The minimum Gasteiger partial charge on any atom is -0.481 e. The molecular weight excluding hydrogens is 709 g/mol. The molecule has 2 aliphatic carbocycles. The second-order valence-electron chi connectivity index (χ2n) is 15.4. The van der Waals surface area contributed by atoms with Gasteiger partial charge >= 0.3 is 17.9 Å². The summed E-state index contributed by atoms with van der Waals surface area (Å²) >= 11 is 0. The molecule has 0 aromatic heterocycles. The van der Waals surface area contributed by atoms with Crippen molar-refractivity contribution < 1.29 is 44.0 Å². The van der Waals surface area contributed by atoms with Crippen molar-refractivity contribution in [2.75, 3.05) is 0 Å². The lowest BCUT2D eigenvalue weighted by atomic mass is 9.68. The third-order valence-electron chi connectivity index (χ3n) is 10.1. The van der Waals surface area contributed by atoms with Gasteiger partial charge in [0, 0.05) is 12.5 Å². The van der Waals surface area contributed by atoms with Crippen LogP contribution in [0.15, 0.2) is 141 Å². The minimum atomic E-state index is -1.55. The Kier molecular flexibility index (Phi) is 17.6. The summed E-state index contributed by atoms with van der Waals surface area (Å²) in [6.45, 7) is 19.5. The molecule has 0 saturated heterocycles. The fraction of sp³-hybridized carbons (Fsp3) is 0.383. The summed E-state index contributed by atoms with van der Waals surface area (Å²) in [6, 6.07) is 0. The molecule has 2 aliphatic rings. The van der Waals surface area contributed by atoms with Gasteiger partial charge < -0.3 is 20.1 Å². The first-order valence-corrected chi connectivity index (χ1v) is 18.7. The molecule has 0 aromatic carbocycles. The predicted molar refractivity (Wildman–Crippen MR) is 221 cm³/mol. The molecule has 0 bridgehead atoms. The number of aliphatic carboxylic acids is 2. The molecule has 0 amide bonds. The summed E-state index contributed by atoms with van der Waals surface area (Å²) in [7, 11) is 0. The molecule has 9 nitrogen and oxygen atoms in total. The Bertz CT molecular complexity index is 1940. The number of ether oxygens (including phenoxy) is 1. The van der Waals surface area contributed by atoms with E-state index in [1.807, 2.05) is 127 Å². The Labute approximate surface area is 332 Å². The number of carbonyl (C=O) groups excluding carboxylic acids is 3. The van der Waals surface area contributed by atoms with Gasteiger partial charge in [0.2, 0.25) is 0 Å². The molecule has 0 fully saturated rings. The molecule has 9 heteroatoms. The average molecular weight is 767 g/mol. The molecule has 300 valence electrons. The number of allylic oxidation sites excluding steroid dienone is 20.